The van der Waals surface area contributed by atoms with Gasteiger partial charge in [-0.2, -0.15) is 0 Å². The lowest BCUT2D eigenvalue weighted by Gasteiger charge is -2.14. The average molecular weight is 349 g/mol. The summed E-state index contributed by atoms with van der Waals surface area (Å²) in [5, 5.41) is 2.30. The van der Waals surface area contributed by atoms with Crippen molar-refractivity contribution in [3.63, 3.8) is 0 Å². The van der Waals surface area contributed by atoms with Crippen molar-refractivity contribution in [1.82, 2.24) is 0 Å². The zero-order chi connectivity index (χ0) is 18.4. The number of esters is 1. The van der Waals surface area contributed by atoms with E-state index in [1.165, 1.54) is 13.0 Å². The lowest BCUT2D eigenvalue weighted by molar-refractivity contribution is -0.153. The van der Waals surface area contributed by atoms with Gasteiger partial charge in [0.1, 0.15) is 5.75 Å². The van der Waals surface area contributed by atoms with E-state index in [-0.39, 0.29) is 5.69 Å². The number of benzene rings is 2. The first-order chi connectivity index (χ1) is 11.8. The molecule has 0 saturated carbocycles. The van der Waals surface area contributed by atoms with Crippen molar-refractivity contribution in [1.29, 1.82) is 0 Å². The molecule has 132 valence electrons. The van der Waals surface area contributed by atoms with E-state index >= 15 is 0 Å². The SMILES string of the molecule is Cc1cccc(O[C@@H](C)C(=O)OCC(=O)Nc2ccc(F)c(F)c2)c1. The number of aryl methyl sites for hydroxylation is 1. The molecule has 7 heteroatoms. The summed E-state index contributed by atoms with van der Waals surface area (Å²) in [6.07, 6.45) is -0.905. The van der Waals surface area contributed by atoms with Crippen LogP contribution in [0.1, 0.15) is 12.5 Å². The number of amides is 1. The maximum Gasteiger partial charge on any atom is 0.347 e. The summed E-state index contributed by atoms with van der Waals surface area (Å²) in [6, 6.07) is 10.1. The van der Waals surface area contributed by atoms with Crippen molar-refractivity contribution in [2.45, 2.75) is 20.0 Å². The summed E-state index contributed by atoms with van der Waals surface area (Å²) in [5.41, 5.74) is 1.04. The standard InChI is InChI=1S/C18H17F2NO4/c1-11-4-3-5-14(8-11)25-12(2)18(23)24-10-17(22)21-13-6-7-15(19)16(20)9-13/h3-9,12H,10H2,1-2H3,(H,21,22)/t12-/m0/s1. The third-order valence-corrected chi connectivity index (χ3v) is 3.18. The van der Waals surface area contributed by atoms with E-state index in [1.807, 2.05) is 13.0 Å². The van der Waals surface area contributed by atoms with Gasteiger partial charge in [0.25, 0.3) is 5.91 Å². The van der Waals surface area contributed by atoms with E-state index < -0.39 is 36.2 Å². The van der Waals surface area contributed by atoms with Crippen LogP contribution in [-0.4, -0.2) is 24.6 Å². The highest BCUT2D eigenvalue weighted by Crippen LogP contribution is 2.15. The largest absolute Gasteiger partial charge is 0.479 e. The van der Waals surface area contributed by atoms with Crippen LogP contribution in [0.25, 0.3) is 0 Å². The van der Waals surface area contributed by atoms with E-state index in [1.54, 1.807) is 18.2 Å². The first-order valence-electron chi connectivity index (χ1n) is 7.50. The van der Waals surface area contributed by atoms with Gasteiger partial charge in [-0.05, 0) is 43.7 Å². The number of hydrogen-bond acceptors (Lipinski definition) is 4. The van der Waals surface area contributed by atoms with Crippen molar-refractivity contribution in [2.75, 3.05) is 11.9 Å². The van der Waals surface area contributed by atoms with Gasteiger partial charge in [0.15, 0.2) is 24.3 Å². The number of carbonyl (C=O) groups excluding carboxylic acids is 2. The maximum absolute atomic E-state index is 13.1. The molecule has 0 aliphatic rings. The highest BCUT2D eigenvalue weighted by Gasteiger charge is 2.18. The van der Waals surface area contributed by atoms with Crippen molar-refractivity contribution >= 4 is 17.6 Å². The Morgan fingerprint density at radius 1 is 1.12 bits per heavy atom. The third kappa shape index (κ3) is 5.56. The molecule has 5 nitrogen and oxygen atoms in total. The van der Waals surface area contributed by atoms with Crippen LogP contribution >= 0.6 is 0 Å². The normalized spacial score (nSPS) is 11.5. The zero-order valence-electron chi connectivity index (χ0n) is 13.7. The van der Waals surface area contributed by atoms with Gasteiger partial charge in [0, 0.05) is 11.8 Å². The maximum atomic E-state index is 13.1. The number of nitrogens with one attached hydrogen (secondary N) is 1. The van der Waals surface area contributed by atoms with Crippen LogP contribution in [0.4, 0.5) is 14.5 Å². The predicted molar refractivity (Wildman–Crippen MR) is 87.2 cm³/mol. The highest BCUT2D eigenvalue weighted by molar-refractivity contribution is 5.93. The number of rotatable bonds is 6. The first kappa shape index (κ1) is 18.4. The van der Waals surface area contributed by atoms with Gasteiger partial charge in [0.2, 0.25) is 0 Å². The fourth-order valence-corrected chi connectivity index (χ4v) is 1.97. The predicted octanol–water partition coefficient (Wildman–Crippen LogP) is 3.22. The highest BCUT2D eigenvalue weighted by atomic mass is 19.2. The number of ether oxygens (including phenoxy) is 2. The molecule has 1 amide bonds. The molecule has 0 radical (unpaired) electrons. The summed E-state index contributed by atoms with van der Waals surface area (Å²) >= 11 is 0. The van der Waals surface area contributed by atoms with Gasteiger partial charge in [-0.15, -0.1) is 0 Å². The smallest absolute Gasteiger partial charge is 0.347 e. The van der Waals surface area contributed by atoms with Crippen LogP contribution in [0, 0.1) is 18.6 Å². The van der Waals surface area contributed by atoms with Crippen LogP contribution in [0.5, 0.6) is 5.75 Å². The van der Waals surface area contributed by atoms with Gasteiger partial charge >= 0.3 is 5.97 Å². The Labute approximate surface area is 143 Å². The molecule has 0 aliphatic heterocycles. The van der Waals surface area contributed by atoms with E-state index in [4.69, 9.17) is 9.47 Å². The minimum absolute atomic E-state index is 0.0593. The first-order valence-corrected chi connectivity index (χ1v) is 7.50. The molecule has 0 saturated heterocycles. The molecule has 0 unspecified atom stereocenters. The van der Waals surface area contributed by atoms with Gasteiger partial charge in [0.05, 0.1) is 0 Å². The van der Waals surface area contributed by atoms with Crippen molar-refractivity contribution in [3.8, 4) is 5.75 Å². The second-order valence-corrected chi connectivity index (χ2v) is 5.36. The quantitative estimate of drug-likeness (QED) is 0.814. The van der Waals surface area contributed by atoms with E-state index in [9.17, 15) is 18.4 Å². The van der Waals surface area contributed by atoms with Crippen molar-refractivity contribution in [2.24, 2.45) is 0 Å². The van der Waals surface area contributed by atoms with E-state index in [2.05, 4.69) is 5.32 Å². The lowest BCUT2D eigenvalue weighted by Crippen LogP contribution is -2.29. The summed E-state index contributed by atoms with van der Waals surface area (Å²) in [4.78, 5) is 23.5. The minimum Gasteiger partial charge on any atom is -0.479 e. The molecular weight excluding hydrogens is 332 g/mol. The van der Waals surface area contributed by atoms with Crippen molar-refractivity contribution in [3.05, 3.63) is 59.7 Å². The molecule has 2 rings (SSSR count). The van der Waals surface area contributed by atoms with Crippen LogP contribution in [0.2, 0.25) is 0 Å². The zero-order valence-corrected chi connectivity index (χ0v) is 13.7. The molecule has 25 heavy (non-hydrogen) atoms. The molecular formula is C18H17F2NO4. The van der Waals surface area contributed by atoms with Crippen LogP contribution in [0.3, 0.4) is 0 Å². The molecule has 0 aromatic heterocycles. The number of hydrogen-bond donors (Lipinski definition) is 1. The fourth-order valence-electron chi connectivity index (χ4n) is 1.97. The molecule has 0 heterocycles. The average Bonchev–Trinajstić information content (AvgIpc) is 2.56. The molecule has 0 fully saturated rings. The lowest BCUT2D eigenvalue weighted by atomic mass is 10.2. The molecule has 1 N–H and O–H groups in total. The second kappa shape index (κ2) is 8.23. The molecule has 0 spiro atoms. The number of carbonyl (C=O) groups is 2. The number of halogens is 2. The topological polar surface area (TPSA) is 64.6 Å². The Hall–Kier alpha value is -2.96. The Kier molecular flexibility index (Phi) is 6.05. The van der Waals surface area contributed by atoms with Crippen LogP contribution < -0.4 is 10.1 Å². The van der Waals surface area contributed by atoms with Gasteiger partial charge in [-0.25, -0.2) is 13.6 Å². The van der Waals surface area contributed by atoms with Gasteiger partial charge < -0.3 is 14.8 Å². The molecule has 0 bridgehead atoms. The van der Waals surface area contributed by atoms with E-state index in [0.717, 1.165) is 17.7 Å². The third-order valence-electron chi connectivity index (χ3n) is 3.18. The molecule has 0 aliphatic carbocycles. The van der Waals surface area contributed by atoms with Crippen LogP contribution in [-0.2, 0) is 14.3 Å². The summed E-state index contributed by atoms with van der Waals surface area (Å²) in [5.74, 6) is -3.00. The monoisotopic (exact) mass is 349 g/mol. The van der Waals surface area contributed by atoms with Gasteiger partial charge in [-0.1, -0.05) is 12.1 Å². The Morgan fingerprint density at radius 2 is 1.88 bits per heavy atom. The molecule has 1 atom stereocenters. The second-order valence-electron chi connectivity index (χ2n) is 5.36. The van der Waals surface area contributed by atoms with Crippen LogP contribution in [0.15, 0.2) is 42.5 Å². The minimum atomic E-state index is -1.09. The van der Waals surface area contributed by atoms with E-state index in [0.29, 0.717) is 5.75 Å². The van der Waals surface area contributed by atoms with Crippen molar-refractivity contribution < 1.29 is 27.8 Å². The number of anilines is 1. The summed E-state index contributed by atoms with van der Waals surface area (Å²) in [7, 11) is 0. The summed E-state index contributed by atoms with van der Waals surface area (Å²) < 4.78 is 36.2. The fraction of sp³-hybridized carbons (Fsp3) is 0.222. The Balaban J connectivity index is 1.82. The Morgan fingerprint density at radius 3 is 2.56 bits per heavy atom. The summed E-state index contributed by atoms with van der Waals surface area (Å²) in [6.45, 7) is 2.82. The van der Waals surface area contributed by atoms with Gasteiger partial charge in [-0.3, -0.25) is 4.79 Å². The Bertz CT molecular complexity index is 779. The molecule has 2 aromatic carbocycles. The molecule has 2 aromatic rings.